The largest absolute Gasteiger partial charge is 0.492 e. The maximum atomic E-state index is 12.9. The first-order chi connectivity index (χ1) is 15.8. The number of nitrogens with one attached hydrogen (secondary N) is 1. The number of benzene rings is 2. The number of aliphatic hydroxyl groups is 3. The average molecular weight is 477 g/mol. The molecule has 1 aliphatic heterocycles. The number of β-amino-alcohol motifs (C(OH)–C–C–N with tert-alkyl or cyclic N) is 1. The van der Waals surface area contributed by atoms with Crippen molar-refractivity contribution in [1.29, 1.82) is 0 Å². The topological polar surface area (TPSA) is 119 Å². The summed E-state index contributed by atoms with van der Waals surface area (Å²) in [5, 5.41) is 31.4. The predicted octanol–water partition coefficient (Wildman–Crippen LogP) is 0.765. The van der Waals surface area contributed by atoms with Crippen molar-refractivity contribution in [2.75, 3.05) is 32.8 Å². The molecule has 1 spiro atoms. The van der Waals surface area contributed by atoms with Gasteiger partial charge < -0.3 is 20.1 Å². The Morgan fingerprint density at radius 3 is 2.39 bits per heavy atom. The highest BCUT2D eigenvalue weighted by atomic mass is 32.2. The van der Waals surface area contributed by atoms with Crippen molar-refractivity contribution in [2.45, 2.75) is 42.5 Å². The SMILES string of the molecule is O=S1(=O)NC[C@H](O)CN(CCc2ccccc2)CC2(COc3ccccc31)C[C@@H](O)[C@@H](O)C2. The Bertz CT molecular complexity index is 1020. The zero-order chi connectivity index (χ0) is 23.5. The summed E-state index contributed by atoms with van der Waals surface area (Å²) in [6.45, 7) is 1.41. The summed E-state index contributed by atoms with van der Waals surface area (Å²) in [4.78, 5) is 2.08. The van der Waals surface area contributed by atoms with Gasteiger partial charge in [0.05, 0.1) is 24.9 Å². The van der Waals surface area contributed by atoms with Crippen LogP contribution in [0, 0.1) is 5.41 Å². The maximum absolute atomic E-state index is 12.9. The molecule has 0 bridgehead atoms. The van der Waals surface area contributed by atoms with E-state index in [2.05, 4.69) is 9.62 Å². The van der Waals surface area contributed by atoms with Crippen LogP contribution in [0.15, 0.2) is 59.5 Å². The van der Waals surface area contributed by atoms with Crippen LogP contribution in [0.4, 0.5) is 0 Å². The van der Waals surface area contributed by atoms with Crippen molar-refractivity contribution in [3.8, 4) is 5.75 Å². The second-order valence-electron chi connectivity index (χ2n) is 9.25. The molecule has 1 fully saturated rings. The van der Waals surface area contributed by atoms with Crippen LogP contribution >= 0.6 is 0 Å². The molecule has 0 aromatic heterocycles. The van der Waals surface area contributed by atoms with Gasteiger partial charge in [-0.2, -0.15) is 0 Å². The Balaban J connectivity index is 1.63. The third-order valence-electron chi connectivity index (χ3n) is 6.50. The second-order valence-corrected chi connectivity index (χ2v) is 11.0. The lowest BCUT2D eigenvalue weighted by Crippen LogP contribution is -2.47. The summed E-state index contributed by atoms with van der Waals surface area (Å²) in [7, 11) is -3.88. The van der Waals surface area contributed by atoms with Crippen molar-refractivity contribution < 1.29 is 28.5 Å². The molecule has 1 heterocycles. The lowest BCUT2D eigenvalue weighted by atomic mass is 9.85. The number of hydrogen-bond donors (Lipinski definition) is 4. The fraction of sp³-hybridized carbons (Fsp3) is 0.500. The fourth-order valence-corrected chi connectivity index (χ4v) is 6.06. The molecular weight excluding hydrogens is 444 g/mol. The van der Waals surface area contributed by atoms with Crippen LogP contribution in [0.5, 0.6) is 5.75 Å². The summed E-state index contributed by atoms with van der Waals surface area (Å²) >= 11 is 0. The first-order valence-electron chi connectivity index (χ1n) is 11.3. The molecule has 2 aliphatic rings. The number of sulfonamides is 1. The molecule has 2 aromatic rings. The smallest absolute Gasteiger partial charge is 0.244 e. The summed E-state index contributed by atoms with van der Waals surface area (Å²) in [5.41, 5.74) is 0.572. The predicted molar refractivity (Wildman–Crippen MR) is 123 cm³/mol. The van der Waals surface area contributed by atoms with Crippen LogP contribution in [-0.2, 0) is 16.4 Å². The number of fused-ring (bicyclic) bond motifs is 1. The van der Waals surface area contributed by atoms with Gasteiger partial charge in [-0.25, -0.2) is 13.1 Å². The van der Waals surface area contributed by atoms with Crippen LogP contribution in [0.25, 0.3) is 0 Å². The van der Waals surface area contributed by atoms with Crippen LogP contribution in [-0.4, -0.2) is 79.7 Å². The molecule has 8 nitrogen and oxygen atoms in total. The quantitative estimate of drug-likeness (QED) is 0.517. The van der Waals surface area contributed by atoms with Crippen molar-refractivity contribution in [2.24, 2.45) is 5.41 Å². The third kappa shape index (κ3) is 5.92. The minimum atomic E-state index is -3.88. The number of hydrogen-bond acceptors (Lipinski definition) is 7. The highest BCUT2D eigenvalue weighted by Crippen LogP contribution is 2.40. The lowest BCUT2D eigenvalue weighted by molar-refractivity contribution is 0.0438. The van der Waals surface area contributed by atoms with Gasteiger partial charge in [0, 0.05) is 31.6 Å². The molecule has 33 heavy (non-hydrogen) atoms. The van der Waals surface area contributed by atoms with Crippen LogP contribution in [0.3, 0.4) is 0 Å². The number of aliphatic hydroxyl groups excluding tert-OH is 3. The molecule has 4 rings (SSSR count). The van der Waals surface area contributed by atoms with Gasteiger partial charge in [0.2, 0.25) is 10.0 Å². The zero-order valence-electron chi connectivity index (χ0n) is 18.5. The normalized spacial score (nSPS) is 30.7. The van der Waals surface area contributed by atoms with Gasteiger partial charge in [0.25, 0.3) is 0 Å². The molecule has 1 saturated carbocycles. The molecule has 2 aromatic carbocycles. The highest BCUT2D eigenvalue weighted by molar-refractivity contribution is 7.89. The minimum absolute atomic E-state index is 0.00736. The first kappa shape index (κ1) is 24.1. The minimum Gasteiger partial charge on any atom is -0.492 e. The number of ether oxygens (including phenoxy) is 1. The summed E-state index contributed by atoms with van der Waals surface area (Å²) in [6.07, 6.45) is -1.25. The lowest BCUT2D eigenvalue weighted by Gasteiger charge is -2.37. The van der Waals surface area contributed by atoms with Crippen molar-refractivity contribution >= 4 is 10.0 Å². The Morgan fingerprint density at radius 2 is 1.67 bits per heavy atom. The van der Waals surface area contributed by atoms with E-state index in [4.69, 9.17) is 4.74 Å². The molecule has 4 N–H and O–H groups in total. The monoisotopic (exact) mass is 476 g/mol. The summed E-state index contributed by atoms with van der Waals surface area (Å²) < 4.78 is 34.3. The number of para-hydroxylation sites is 1. The fourth-order valence-electron chi connectivity index (χ4n) is 4.84. The Hall–Kier alpha value is -2.01. The molecule has 0 radical (unpaired) electrons. The Kier molecular flexibility index (Phi) is 7.37. The van der Waals surface area contributed by atoms with Crippen molar-refractivity contribution in [3.05, 3.63) is 60.2 Å². The summed E-state index contributed by atoms with van der Waals surface area (Å²) in [6, 6.07) is 16.4. The molecule has 4 atom stereocenters. The number of nitrogens with zero attached hydrogens (tertiary/aromatic N) is 1. The van der Waals surface area contributed by atoms with Crippen LogP contribution in [0.1, 0.15) is 18.4 Å². The van der Waals surface area contributed by atoms with Crippen LogP contribution < -0.4 is 9.46 Å². The first-order valence-corrected chi connectivity index (χ1v) is 12.8. The van der Waals surface area contributed by atoms with E-state index >= 15 is 0 Å². The molecular formula is C24H32N2O6S. The standard InChI is InChI=1S/C24H32N2O6S/c27-19-14-25-33(30,31)23-9-5-4-8-22(23)32-17-24(12-20(28)21(29)13-24)16-26(15-19)11-10-18-6-2-1-3-7-18/h1-9,19-21,25,27-29H,10-17H2/t19-,20-,21+,24?/m0/s1. The van der Waals surface area contributed by atoms with E-state index in [0.29, 0.717) is 25.9 Å². The van der Waals surface area contributed by atoms with E-state index in [9.17, 15) is 23.7 Å². The van der Waals surface area contributed by atoms with Gasteiger partial charge in [-0.1, -0.05) is 42.5 Å². The summed E-state index contributed by atoms with van der Waals surface area (Å²) in [5.74, 6) is 0.214. The molecule has 180 valence electrons. The molecule has 9 heteroatoms. The Labute approximate surface area is 194 Å². The second kappa shape index (κ2) is 10.1. The van der Waals surface area contributed by atoms with E-state index in [1.807, 2.05) is 30.3 Å². The van der Waals surface area contributed by atoms with E-state index in [0.717, 1.165) is 12.0 Å². The third-order valence-corrected chi connectivity index (χ3v) is 7.96. The van der Waals surface area contributed by atoms with Gasteiger partial charge in [0.15, 0.2) is 0 Å². The Morgan fingerprint density at radius 1 is 1.00 bits per heavy atom. The average Bonchev–Trinajstić information content (AvgIpc) is 3.08. The highest BCUT2D eigenvalue weighted by Gasteiger charge is 2.46. The van der Waals surface area contributed by atoms with Crippen LogP contribution in [0.2, 0.25) is 0 Å². The maximum Gasteiger partial charge on any atom is 0.244 e. The zero-order valence-corrected chi connectivity index (χ0v) is 19.3. The van der Waals surface area contributed by atoms with E-state index in [-0.39, 0.29) is 30.3 Å². The van der Waals surface area contributed by atoms with Gasteiger partial charge in [-0.3, -0.25) is 4.90 Å². The molecule has 1 aliphatic carbocycles. The van der Waals surface area contributed by atoms with Gasteiger partial charge in [-0.15, -0.1) is 0 Å². The van der Waals surface area contributed by atoms with Gasteiger partial charge in [-0.05, 0) is 37.0 Å². The van der Waals surface area contributed by atoms with E-state index in [1.165, 1.54) is 6.07 Å². The molecule has 0 saturated heterocycles. The van der Waals surface area contributed by atoms with Crippen molar-refractivity contribution in [1.82, 2.24) is 9.62 Å². The van der Waals surface area contributed by atoms with Crippen molar-refractivity contribution in [3.63, 3.8) is 0 Å². The molecule has 0 amide bonds. The van der Waals surface area contributed by atoms with E-state index < -0.39 is 33.8 Å². The van der Waals surface area contributed by atoms with E-state index in [1.54, 1.807) is 18.2 Å². The molecule has 1 unspecified atom stereocenters. The van der Waals surface area contributed by atoms with Gasteiger partial charge >= 0.3 is 0 Å². The van der Waals surface area contributed by atoms with Gasteiger partial charge in [0.1, 0.15) is 10.6 Å². The number of rotatable bonds is 3.